The van der Waals surface area contributed by atoms with E-state index in [9.17, 15) is 27.2 Å². The molecule has 3 rings (SSSR count). The van der Waals surface area contributed by atoms with Crippen LogP contribution in [-0.4, -0.2) is 15.7 Å². The summed E-state index contributed by atoms with van der Waals surface area (Å²) in [4.78, 5) is 24.7. The first-order valence-corrected chi connectivity index (χ1v) is 8.49. The molecule has 0 spiro atoms. The summed E-state index contributed by atoms with van der Waals surface area (Å²) in [6, 6.07) is 9.43. The zero-order chi connectivity index (χ0) is 21.3. The van der Waals surface area contributed by atoms with Gasteiger partial charge in [0.1, 0.15) is 11.5 Å². The third-order valence-corrected chi connectivity index (χ3v) is 4.26. The molecule has 2 aromatic carbocycles. The number of benzene rings is 2. The summed E-state index contributed by atoms with van der Waals surface area (Å²) in [6.07, 6.45) is -4.72. The van der Waals surface area contributed by atoms with Crippen molar-refractivity contribution in [2.45, 2.75) is 13.1 Å². The maximum Gasteiger partial charge on any atom is 0.417 e. The van der Waals surface area contributed by atoms with Crippen LogP contribution in [-0.2, 0) is 6.18 Å². The Bertz CT molecular complexity index is 1160. The highest BCUT2D eigenvalue weighted by molar-refractivity contribution is 6.31. The van der Waals surface area contributed by atoms with Crippen LogP contribution < -0.4 is 10.7 Å². The summed E-state index contributed by atoms with van der Waals surface area (Å²) >= 11 is 5.55. The molecule has 0 unspecified atom stereocenters. The molecule has 1 N–H and O–H groups in total. The molecule has 5 nitrogen and oxygen atoms in total. The highest BCUT2D eigenvalue weighted by Crippen LogP contribution is 2.36. The van der Waals surface area contributed by atoms with Crippen LogP contribution in [0.3, 0.4) is 0 Å². The van der Waals surface area contributed by atoms with Crippen molar-refractivity contribution >= 4 is 23.2 Å². The lowest BCUT2D eigenvalue weighted by atomic mass is 10.2. The average Bonchev–Trinajstić information content (AvgIpc) is 2.63. The van der Waals surface area contributed by atoms with Gasteiger partial charge in [-0.1, -0.05) is 23.7 Å². The summed E-state index contributed by atoms with van der Waals surface area (Å²) in [5.41, 5.74) is -2.48. The molecular formula is C19H12ClF4N3O2. The molecule has 1 amide bonds. The molecular weight excluding hydrogens is 414 g/mol. The molecule has 0 atom stereocenters. The minimum Gasteiger partial charge on any atom is -0.320 e. The Morgan fingerprint density at radius 3 is 2.48 bits per heavy atom. The van der Waals surface area contributed by atoms with Crippen LogP contribution in [0, 0.1) is 12.7 Å². The van der Waals surface area contributed by atoms with Crippen LogP contribution in [0.5, 0.6) is 0 Å². The fraction of sp³-hybridized carbons (Fsp3) is 0.105. The summed E-state index contributed by atoms with van der Waals surface area (Å²) in [5.74, 6) is -1.68. The second-order valence-electron chi connectivity index (χ2n) is 6.01. The number of para-hydroxylation sites is 1. The van der Waals surface area contributed by atoms with E-state index in [1.165, 1.54) is 25.1 Å². The van der Waals surface area contributed by atoms with Gasteiger partial charge in [-0.25, -0.2) is 9.07 Å². The molecule has 0 aliphatic carbocycles. The van der Waals surface area contributed by atoms with Crippen molar-refractivity contribution in [3.8, 4) is 5.69 Å². The number of nitrogens with one attached hydrogen (secondary N) is 1. The molecule has 0 fully saturated rings. The fourth-order valence-corrected chi connectivity index (χ4v) is 2.81. The molecule has 0 radical (unpaired) electrons. The van der Waals surface area contributed by atoms with E-state index in [1.807, 2.05) is 0 Å². The maximum atomic E-state index is 14.1. The van der Waals surface area contributed by atoms with Crippen LogP contribution in [0.4, 0.5) is 23.2 Å². The second kappa shape index (κ2) is 7.67. The van der Waals surface area contributed by atoms with E-state index in [0.29, 0.717) is 6.07 Å². The van der Waals surface area contributed by atoms with Gasteiger partial charge in [0.25, 0.3) is 5.91 Å². The summed E-state index contributed by atoms with van der Waals surface area (Å²) in [7, 11) is 0. The van der Waals surface area contributed by atoms with E-state index in [2.05, 4.69) is 10.4 Å². The second-order valence-corrected chi connectivity index (χ2v) is 6.42. The van der Waals surface area contributed by atoms with Gasteiger partial charge in [0, 0.05) is 17.4 Å². The molecule has 0 aliphatic rings. The molecule has 10 heteroatoms. The molecule has 150 valence electrons. The Morgan fingerprint density at radius 1 is 1.14 bits per heavy atom. The normalized spacial score (nSPS) is 11.4. The van der Waals surface area contributed by atoms with Crippen LogP contribution in [0.25, 0.3) is 5.69 Å². The Labute approximate surface area is 166 Å². The van der Waals surface area contributed by atoms with E-state index in [1.54, 1.807) is 6.07 Å². The third-order valence-electron chi connectivity index (χ3n) is 3.93. The number of halogens is 5. The average molecular weight is 426 g/mol. The number of amides is 1. The quantitative estimate of drug-likeness (QED) is 0.623. The number of hydrogen-bond donors (Lipinski definition) is 1. The van der Waals surface area contributed by atoms with Gasteiger partial charge in [-0.2, -0.15) is 18.3 Å². The monoisotopic (exact) mass is 425 g/mol. The Hall–Kier alpha value is -3.20. The smallest absolute Gasteiger partial charge is 0.320 e. The number of alkyl halides is 3. The van der Waals surface area contributed by atoms with Crippen molar-refractivity contribution in [1.29, 1.82) is 0 Å². The zero-order valence-corrected chi connectivity index (χ0v) is 15.5. The number of anilines is 1. The van der Waals surface area contributed by atoms with Gasteiger partial charge in [0.15, 0.2) is 5.69 Å². The third kappa shape index (κ3) is 4.29. The van der Waals surface area contributed by atoms with E-state index in [-0.39, 0.29) is 17.1 Å². The van der Waals surface area contributed by atoms with E-state index < -0.39 is 39.6 Å². The lowest BCUT2D eigenvalue weighted by Gasteiger charge is -2.13. The Kier molecular flexibility index (Phi) is 5.43. The summed E-state index contributed by atoms with van der Waals surface area (Å²) < 4.78 is 54.1. The lowest BCUT2D eigenvalue weighted by molar-refractivity contribution is -0.137. The number of carbonyl (C=O) groups is 1. The van der Waals surface area contributed by atoms with Gasteiger partial charge in [0.2, 0.25) is 5.43 Å². The molecule has 0 saturated heterocycles. The number of hydrogen-bond acceptors (Lipinski definition) is 3. The summed E-state index contributed by atoms with van der Waals surface area (Å²) in [5, 5.41) is 5.54. The molecule has 29 heavy (non-hydrogen) atoms. The van der Waals surface area contributed by atoms with Crippen molar-refractivity contribution in [1.82, 2.24) is 9.78 Å². The van der Waals surface area contributed by atoms with Gasteiger partial charge < -0.3 is 5.32 Å². The van der Waals surface area contributed by atoms with Crippen molar-refractivity contribution in [3.05, 3.63) is 86.5 Å². The molecule has 1 aromatic heterocycles. The van der Waals surface area contributed by atoms with Crippen LogP contribution in [0.15, 0.2) is 53.3 Å². The van der Waals surface area contributed by atoms with E-state index in [0.717, 1.165) is 22.9 Å². The lowest BCUT2D eigenvalue weighted by Crippen LogP contribution is -2.27. The van der Waals surface area contributed by atoms with Crippen molar-refractivity contribution in [2.24, 2.45) is 0 Å². The van der Waals surface area contributed by atoms with Gasteiger partial charge in [0.05, 0.1) is 10.6 Å². The predicted octanol–water partition coefficient (Wildman–Crippen LogP) is 4.60. The minimum atomic E-state index is -4.72. The zero-order valence-electron chi connectivity index (χ0n) is 14.7. The Morgan fingerprint density at radius 2 is 1.83 bits per heavy atom. The molecule has 0 aliphatic heterocycles. The number of carbonyl (C=O) groups excluding carboxylic acids is 1. The SMILES string of the molecule is Cc1cc(=O)c(C(=O)Nc2ccc(Cl)c(C(F)(F)F)c2)nn1-c1ccccc1F. The van der Waals surface area contributed by atoms with Crippen molar-refractivity contribution in [3.63, 3.8) is 0 Å². The van der Waals surface area contributed by atoms with E-state index in [4.69, 9.17) is 11.6 Å². The predicted molar refractivity (Wildman–Crippen MR) is 98.9 cm³/mol. The molecule has 3 aromatic rings. The number of aromatic nitrogens is 2. The van der Waals surface area contributed by atoms with Gasteiger partial charge in [-0.05, 0) is 37.3 Å². The number of nitrogens with zero attached hydrogens (tertiary/aromatic N) is 2. The standard InChI is InChI=1S/C19H12ClF4N3O2/c1-10-8-16(28)17(26-27(10)15-5-3-2-4-14(15)21)18(29)25-11-6-7-13(20)12(9-11)19(22,23)24/h2-9H,1H3,(H,25,29). The fourth-order valence-electron chi connectivity index (χ4n) is 2.58. The first-order chi connectivity index (χ1) is 13.6. The Balaban J connectivity index is 2.00. The number of aryl methyl sites for hydroxylation is 1. The van der Waals surface area contributed by atoms with Crippen LogP contribution in [0.2, 0.25) is 5.02 Å². The molecule has 0 bridgehead atoms. The minimum absolute atomic E-state index is 0.00454. The largest absolute Gasteiger partial charge is 0.417 e. The summed E-state index contributed by atoms with van der Waals surface area (Å²) in [6.45, 7) is 1.50. The first-order valence-electron chi connectivity index (χ1n) is 8.12. The van der Waals surface area contributed by atoms with Crippen molar-refractivity contribution in [2.75, 3.05) is 5.32 Å². The topological polar surface area (TPSA) is 64.0 Å². The van der Waals surface area contributed by atoms with Crippen LogP contribution in [0.1, 0.15) is 21.7 Å². The highest BCUT2D eigenvalue weighted by atomic mass is 35.5. The maximum absolute atomic E-state index is 14.1. The number of rotatable bonds is 3. The van der Waals surface area contributed by atoms with Gasteiger partial charge >= 0.3 is 6.18 Å². The van der Waals surface area contributed by atoms with Crippen LogP contribution >= 0.6 is 11.6 Å². The van der Waals surface area contributed by atoms with E-state index >= 15 is 0 Å². The van der Waals surface area contributed by atoms with Crippen molar-refractivity contribution < 1.29 is 22.4 Å². The van der Waals surface area contributed by atoms with Gasteiger partial charge in [-0.15, -0.1) is 0 Å². The highest BCUT2D eigenvalue weighted by Gasteiger charge is 2.33. The molecule has 1 heterocycles. The first kappa shape index (κ1) is 20.5. The molecule has 0 saturated carbocycles. The van der Waals surface area contributed by atoms with Gasteiger partial charge in [-0.3, -0.25) is 9.59 Å².